The van der Waals surface area contributed by atoms with Gasteiger partial charge >= 0.3 is 0 Å². The van der Waals surface area contributed by atoms with Crippen molar-refractivity contribution in [2.45, 2.75) is 13.5 Å². The van der Waals surface area contributed by atoms with E-state index in [2.05, 4.69) is 57.7 Å². The van der Waals surface area contributed by atoms with E-state index in [0.717, 1.165) is 23.2 Å². The van der Waals surface area contributed by atoms with E-state index < -0.39 is 0 Å². The summed E-state index contributed by atoms with van der Waals surface area (Å²) in [5.41, 5.74) is 12.5. The minimum atomic E-state index is 0.164. The summed E-state index contributed by atoms with van der Waals surface area (Å²) < 4.78 is 2.24. The van der Waals surface area contributed by atoms with Gasteiger partial charge < -0.3 is 10.3 Å². The molecule has 0 saturated carbocycles. The van der Waals surface area contributed by atoms with E-state index in [0.29, 0.717) is 0 Å². The smallest absolute Gasteiger partial charge is 0.184 e. The van der Waals surface area contributed by atoms with Crippen LogP contribution in [0.15, 0.2) is 65.9 Å². The highest BCUT2D eigenvalue weighted by atomic mass is 32.1. The largest absolute Gasteiger partial charge is 0.375 e. The Balaban J connectivity index is 2.03. The first-order valence-electron chi connectivity index (χ1n) is 7.37. The zero-order valence-corrected chi connectivity index (χ0v) is 13.7. The van der Waals surface area contributed by atoms with Gasteiger partial charge in [-0.05, 0) is 30.8 Å². The molecule has 0 aliphatic rings. The van der Waals surface area contributed by atoms with Gasteiger partial charge in [-0.3, -0.25) is 5.43 Å². The van der Waals surface area contributed by atoms with Crippen LogP contribution in [0.5, 0.6) is 0 Å². The molecule has 0 atom stereocenters. The molecule has 0 spiro atoms. The number of nitrogens with two attached hydrogens (primary N) is 1. The number of para-hydroxylation sites is 1. The fraction of sp³-hybridized carbons (Fsp3) is 0.111. The van der Waals surface area contributed by atoms with E-state index in [9.17, 15) is 0 Å². The van der Waals surface area contributed by atoms with Gasteiger partial charge in [-0.15, -0.1) is 0 Å². The predicted molar refractivity (Wildman–Crippen MR) is 99.6 cm³/mol. The van der Waals surface area contributed by atoms with Crippen molar-refractivity contribution in [3.05, 3.63) is 71.9 Å². The lowest BCUT2D eigenvalue weighted by Crippen LogP contribution is -2.25. The molecule has 0 fully saturated rings. The molecule has 0 unspecified atom stereocenters. The Morgan fingerprint density at radius 1 is 1.13 bits per heavy atom. The van der Waals surface area contributed by atoms with Gasteiger partial charge in [-0.1, -0.05) is 48.5 Å². The van der Waals surface area contributed by atoms with Crippen LogP contribution in [0, 0.1) is 0 Å². The Morgan fingerprint density at radius 3 is 2.57 bits per heavy atom. The maximum Gasteiger partial charge on any atom is 0.184 e. The van der Waals surface area contributed by atoms with Gasteiger partial charge in [-0.2, -0.15) is 5.10 Å². The maximum absolute atomic E-state index is 5.45. The van der Waals surface area contributed by atoms with Crippen LogP contribution < -0.4 is 11.2 Å². The van der Waals surface area contributed by atoms with Gasteiger partial charge in [0.1, 0.15) is 0 Å². The maximum atomic E-state index is 5.45. The van der Waals surface area contributed by atoms with Crippen molar-refractivity contribution in [1.29, 1.82) is 0 Å². The van der Waals surface area contributed by atoms with Gasteiger partial charge in [0.15, 0.2) is 5.11 Å². The number of rotatable bonds is 4. The van der Waals surface area contributed by atoms with Gasteiger partial charge in [-0.25, -0.2) is 0 Å². The van der Waals surface area contributed by atoms with E-state index in [4.69, 9.17) is 18.0 Å². The van der Waals surface area contributed by atoms with E-state index in [1.54, 1.807) is 0 Å². The second kappa shape index (κ2) is 6.62. The van der Waals surface area contributed by atoms with Gasteiger partial charge in [0.05, 0.1) is 5.71 Å². The molecule has 0 bridgehead atoms. The van der Waals surface area contributed by atoms with E-state index in [1.165, 1.54) is 11.1 Å². The molecular formula is C18H18N4S. The van der Waals surface area contributed by atoms with Crippen LogP contribution in [0.3, 0.4) is 0 Å². The van der Waals surface area contributed by atoms with Crippen molar-refractivity contribution < 1.29 is 0 Å². The Bertz CT molecular complexity index is 865. The van der Waals surface area contributed by atoms with Crippen LogP contribution in [0.1, 0.15) is 18.1 Å². The van der Waals surface area contributed by atoms with E-state index >= 15 is 0 Å². The fourth-order valence-corrected chi connectivity index (χ4v) is 2.69. The minimum Gasteiger partial charge on any atom is -0.375 e. The summed E-state index contributed by atoms with van der Waals surface area (Å²) >= 11 is 4.81. The summed E-state index contributed by atoms with van der Waals surface area (Å²) in [6.07, 6.45) is 2.12. The second-order valence-electron chi connectivity index (χ2n) is 5.35. The Morgan fingerprint density at radius 2 is 1.83 bits per heavy atom. The second-order valence-corrected chi connectivity index (χ2v) is 5.79. The Kier molecular flexibility index (Phi) is 4.39. The summed E-state index contributed by atoms with van der Waals surface area (Å²) in [6.45, 7) is 2.76. The zero-order valence-electron chi connectivity index (χ0n) is 12.9. The summed E-state index contributed by atoms with van der Waals surface area (Å²) in [7, 11) is 0. The molecule has 116 valence electrons. The molecular weight excluding hydrogens is 304 g/mol. The molecule has 23 heavy (non-hydrogen) atoms. The van der Waals surface area contributed by atoms with Crippen molar-refractivity contribution in [3.8, 4) is 0 Å². The molecule has 0 saturated heterocycles. The van der Waals surface area contributed by atoms with Crippen LogP contribution in [-0.2, 0) is 6.54 Å². The molecule has 0 radical (unpaired) electrons. The minimum absolute atomic E-state index is 0.164. The number of hydrogen-bond acceptors (Lipinski definition) is 2. The molecule has 5 heteroatoms. The van der Waals surface area contributed by atoms with Crippen LogP contribution in [0.4, 0.5) is 0 Å². The summed E-state index contributed by atoms with van der Waals surface area (Å²) in [5.74, 6) is 0. The first-order valence-corrected chi connectivity index (χ1v) is 7.78. The number of hydrogen-bond donors (Lipinski definition) is 2. The zero-order chi connectivity index (χ0) is 16.2. The third-order valence-electron chi connectivity index (χ3n) is 3.71. The topological polar surface area (TPSA) is 55.3 Å². The number of thiocarbonyl (C=S) groups is 1. The van der Waals surface area contributed by atoms with Gasteiger partial charge in [0.2, 0.25) is 0 Å². The SMILES string of the molecule is C/C(=N/NC(N)=S)c1cn(Cc2ccccc2)c2ccccc12. The number of hydrazone groups is 1. The lowest BCUT2D eigenvalue weighted by Gasteiger charge is -2.05. The molecule has 1 aromatic heterocycles. The number of benzene rings is 2. The number of fused-ring (bicyclic) bond motifs is 1. The predicted octanol–water partition coefficient (Wildman–Crippen LogP) is 3.25. The van der Waals surface area contributed by atoms with Crippen molar-refractivity contribution in [2.24, 2.45) is 10.8 Å². The van der Waals surface area contributed by atoms with E-state index in [1.807, 2.05) is 25.1 Å². The van der Waals surface area contributed by atoms with Crippen LogP contribution >= 0.6 is 12.2 Å². The molecule has 3 rings (SSSR count). The van der Waals surface area contributed by atoms with Crippen LogP contribution in [0.25, 0.3) is 10.9 Å². The fourth-order valence-electron chi connectivity index (χ4n) is 2.65. The van der Waals surface area contributed by atoms with Gasteiger partial charge in [0.25, 0.3) is 0 Å². The Labute approximate surface area is 140 Å². The highest BCUT2D eigenvalue weighted by Crippen LogP contribution is 2.23. The third kappa shape index (κ3) is 3.40. The first-order chi connectivity index (χ1) is 11.1. The number of nitrogens with one attached hydrogen (secondary N) is 1. The summed E-state index contributed by atoms with van der Waals surface area (Å²) in [4.78, 5) is 0. The number of aromatic nitrogens is 1. The molecule has 3 aromatic rings. The van der Waals surface area contributed by atoms with Crippen molar-refractivity contribution in [1.82, 2.24) is 9.99 Å². The molecule has 4 nitrogen and oxygen atoms in total. The molecule has 0 aliphatic carbocycles. The normalized spacial score (nSPS) is 11.6. The Hall–Kier alpha value is -2.66. The molecule has 2 aromatic carbocycles. The van der Waals surface area contributed by atoms with Crippen LogP contribution in [-0.4, -0.2) is 15.4 Å². The highest BCUT2D eigenvalue weighted by molar-refractivity contribution is 7.80. The quantitative estimate of drug-likeness (QED) is 0.440. The monoisotopic (exact) mass is 322 g/mol. The van der Waals surface area contributed by atoms with E-state index in [-0.39, 0.29) is 5.11 Å². The molecule has 0 amide bonds. The first kappa shape index (κ1) is 15.2. The standard InChI is InChI=1S/C18H18N4S/c1-13(20-21-18(19)23)16-12-22(11-14-7-3-2-4-8-14)17-10-6-5-9-15(16)17/h2-10,12H,11H2,1H3,(H3,19,21,23)/b20-13-. The highest BCUT2D eigenvalue weighted by Gasteiger charge is 2.10. The average molecular weight is 322 g/mol. The van der Waals surface area contributed by atoms with Gasteiger partial charge in [0, 0.05) is 29.2 Å². The molecule has 3 N–H and O–H groups in total. The third-order valence-corrected chi connectivity index (χ3v) is 3.80. The average Bonchev–Trinajstić information content (AvgIpc) is 2.92. The summed E-state index contributed by atoms with van der Waals surface area (Å²) in [5, 5.41) is 5.58. The lowest BCUT2D eigenvalue weighted by molar-refractivity contribution is 0.836. The summed E-state index contributed by atoms with van der Waals surface area (Å²) in [6, 6.07) is 18.7. The van der Waals surface area contributed by atoms with Crippen molar-refractivity contribution >= 4 is 33.9 Å². The number of nitrogens with zero attached hydrogens (tertiary/aromatic N) is 2. The van der Waals surface area contributed by atoms with Crippen LogP contribution in [0.2, 0.25) is 0 Å². The molecule has 1 heterocycles. The van der Waals surface area contributed by atoms with Crippen molar-refractivity contribution in [2.75, 3.05) is 0 Å². The molecule has 0 aliphatic heterocycles. The van der Waals surface area contributed by atoms with Crippen molar-refractivity contribution in [3.63, 3.8) is 0 Å². The lowest BCUT2D eigenvalue weighted by atomic mass is 10.1.